The van der Waals surface area contributed by atoms with Crippen LogP contribution in [0.15, 0.2) is 24.4 Å². The van der Waals surface area contributed by atoms with Crippen LogP contribution in [0.2, 0.25) is 0 Å². The molecule has 0 aliphatic carbocycles. The van der Waals surface area contributed by atoms with Crippen molar-refractivity contribution in [1.82, 2.24) is 4.98 Å². The summed E-state index contributed by atoms with van der Waals surface area (Å²) in [5, 5.41) is 9.85. The lowest BCUT2D eigenvalue weighted by atomic mass is 10.0. The van der Waals surface area contributed by atoms with Crippen molar-refractivity contribution in [3.05, 3.63) is 35.5 Å². The third kappa shape index (κ3) is 1.48. The molecule has 1 heterocycles. The van der Waals surface area contributed by atoms with E-state index in [4.69, 9.17) is 4.74 Å². The highest BCUT2D eigenvalue weighted by atomic mass is 16.5. The van der Waals surface area contributed by atoms with E-state index in [0.29, 0.717) is 16.7 Å². The summed E-state index contributed by atoms with van der Waals surface area (Å²) < 4.78 is 5.06. The number of rotatable bonds is 2. The number of carboxylic acid groups (broad SMARTS) is 1. The zero-order valence-electron chi connectivity index (χ0n) is 9.02. The fourth-order valence-electron chi connectivity index (χ4n) is 1.77. The average molecular weight is 217 g/mol. The Morgan fingerprint density at radius 1 is 1.38 bits per heavy atom. The second-order valence-electron chi connectivity index (χ2n) is 3.47. The fourth-order valence-corrected chi connectivity index (χ4v) is 1.77. The predicted octanol–water partition coefficient (Wildman–Crippen LogP) is 2.25. The number of carbonyl (C=O) groups is 1. The molecule has 0 aliphatic rings. The summed E-state index contributed by atoms with van der Waals surface area (Å²) >= 11 is 0. The van der Waals surface area contributed by atoms with Crippen molar-refractivity contribution in [2.24, 2.45) is 0 Å². The molecule has 4 heteroatoms. The third-order valence-electron chi connectivity index (χ3n) is 2.51. The Kier molecular flexibility index (Phi) is 2.48. The van der Waals surface area contributed by atoms with Crippen LogP contribution in [-0.4, -0.2) is 23.2 Å². The average Bonchev–Trinajstić information content (AvgIpc) is 2.27. The lowest BCUT2D eigenvalue weighted by Crippen LogP contribution is -2.03. The van der Waals surface area contributed by atoms with Crippen LogP contribution < -0.4 is 4.74 Å². The first kappa shape index (κ1) is 10.4. The van der Waals surface area contributed by atoms with Gasteiger partial charge in [-0.1, -0.05) is 0 Å². The van der Waals surface area contributed by atoms with Gasteiger partial charge in [0.15, 0.2) is 0 Å². The van der Waals surface area contributed by atoms with Crippen LogP contribution in [0.1, 0.15) is 15.9 Å². The molecular formula is C12H11NO3. The smallest absolute Gasteiger partial charge is 0.340 e. The molecule has 1 aromatic heterocycles. The van der Waals surface area contributed by atoms with Gasteiger partial charge in [0.25, 0.3) is 0 Å². The summed E-state index contributed by atoms with van der Waals surface area (Å²) in [7, 11) is 1.46. The first-order chi connectivity index (χ1) is 7.65. The SMILES string of the molecule is COc1ccc2nccc(C)c2c1C(=O)O. The number of aryl methyl sites for hydroxylation is 1. The van der Waals surface area contributed by atoms with E-state index >= 15 is 0 Å². The summed E-state index contributed by atoms with van der Waals surface area (Å²) in [5.74, 6) is -0.644. The molecule has 0 amide bonds. The molecule has 0 radical (unpaired) electrons. The van der Waals surface area contributed by atoms with Gasteiger partial charge in [0.1, 0.15) is 11.3 Å². The van der Waals surface area contributed by atoms with Gasteiger partial charge in [-0.2, -0.15) is 0 Å². The first-order valence-corrected chi connectivity index (χ1v) is 4.80. The molecule has 2 rings (SSSR count). The molecule has 1 aromatic carbocycles. The zero-order valence-corrected chi connectivity index (χ0v) is 9.02. The predicted molar refractivity (Wildman–Crippen MR) is 60.0 cm³/mol. The van der Waals surface area contributed by atoms with E-state index in [2.05, 4.69) is 4.98 Å². The summed E-state index contributed by atoms with van der Waals surface area (Å²) in [4.78, 5) is 15.4. The standard InChI is InChI=1S/C12H11NO3/c1-7-5-6-13-8-3-4-9(16-2)11(10(7)8)12(14)15/h3-6H,1-2H3,(H,14,15). The number of benzene rings is 1. The number of methoxy groups -OCH3 is 1. The Bertz CT molecular complexity index is 563. The van der Waals surface area contributed by atoms with Gasteiger partial charge in [-0.25, -0.2) is 4.79 Å². The van der Waals surface area contributed by atoms with Gasteiger partial charge in [0, 0.05) is 11.6 Å². The van der Waals surface area contributed by atoms with Crippen molar-refractivity contribution in [2.45, 2.75) is 6.92 Å². The maximum absolute atomic E-state index is 11.2. The fraction of sp³-hybridized carbons (Fsp3) is 0.167. The maximum Gasteiger partial charge on any atom is 0.340 e. The molecule has 0 bridgehead atoms. The number of ether oxygens (including phenoxy) is 1. The molecule has 0 spiro atoms. The van der Waals surface area contributed by atoms with Gasteiger partial charge < -0.3 is 9.84 Å². The normalized spacial score (nSPS) is 10.4. The summed E-state index contributed by atoms with van der Waals surface area (Å²) in [6.07, 6.45) is 1.66. The Balaban J connectivity index is 2.93. The van der Waals surface area contributed by atoms with Crippen molar-refractivity contribution in [3.8, 4) is 5.75 Å². The minimum Gasteiger partial charge on any atom is -0.496 e. The number of hydrogen-bond donors (Lipinski definition) is 1. The Morgan fingerprint density at radius 3 is 2.75 bits per heavy atom. The monoisotopic (exact) mass is 217 g/mol. The molecule has 1 N–H and O–H groups in total. The molecule has 0 saturated heterocycles. The Morgan fingerprint density at radius 2 is 2.12 bits per heavy atom. The van der Waals surface area contributed by atoms with Crippen LogP contribution in [-0.2, 0) is 0 Å². The van der Waals surface area contributed by atoms with Crippen molar-refractivity contribution in [3.63, 3.8) is 0 Å². The van der Waals surface area contributed by atoms with Gasteiger partial charge in [0.05, 0.1) is 12.6 Å². The largest absolute Gasteiger partial charge is 0.496 e. The Labute approximate surface area is 92.5 Å². The van der Waals surface area contributed by atoms with Crippen molar-refractivity contribution >= 4 is 16.9 Å². The number of carboxylic acids is 1. The summed E-state index contributed by atoms with van der Waals surface area (Å²) in [6.45, 7) is 1.86. The van der Waals surface area contributed by atoms with E-state index in [0.717, 1.165) is 5.56 Å². The molecule has 0 saturated carbocycles. The molecule has 0 unspecified atom stereocenters. The van der Waals surface area contributed by atoms with Crippen LogP contribution in [0.5, 0.6) is 5.75 Å². The zero-order chi connectivity index (χ0) is 11.7. The lowest BCUT2D eigenvalue weighted by Gasteiger charge is -2.09. The molecule has 4 nitrogen and oxygen atoms in total. The van der Waals surface area contributed by atoms with E-state index in [1.165, 1.54) is 7.11 Å². The number of fused-ring (bicyclic) bond motifs is 1. The number of nitrogens with zero attached hydrogens (tertiary/aromatic N) is 1. The summed E-state index contributed by atoms with van der Waals surface area (Å²) in [6, 6.07) is 5.17. The molecule has 0 aliphatic heterocycles. The van der Waals surface area contributed by atoms with E-state index in [1.807, 2.05) is 6.92 Å². The summed E-state index contributed by atoms with van der Waals surface area (Å²) in [5.41, 5.74) is 1.71. The van der Waals surface area contributed by atoms with Crippen molar-refractivity contribution in [1.29, 1.82) is 0 Å². The minimum absolute atomic E-state index is 0.172. The van der Waals surface area contributed by atoms with Crippen molar-refractivity contribution in [2.75, 3.05) is 7.11 Å². The number of aromatic carboxylic acids is 1. The highest BCUT2D eigenvalue weighted by molar-refractivity contribution is 6.06. The van der Waals surface area contributed by atoms with Crippen LogP contribution in [0.4, 0.5) is 0 Å². The molecular weight excluding hydrogens is 206 g/mol. The van der Waals surface area contributed by atoms with Gasteiger partial charge in [-0.3, -0.25) is 4.98 Å². The number of hydrogen-bond acceptors (Lipinski definition) is 3. The highest BCUT2D eigenvalue weighted by Crippen LogP contribution is 2.28. The van der Waals surface area contributed by atoms with Gasteiger partial charge in [0.2, 0.25) is 0 Å². The number of pyridine rings is 1. The molecule has 0 atom stereocenters. The third-order valence-corrected chi connectivity index (χ3v) is 2.51. The van der Waals surface area contributed by atoms with Crippen LogP contribution >= 0.6 is 0 Å². The molecule has 2 aromatic rings. The topological polar surface area (TPSA) is 59.4 Å². The van der Waals surface area contributed by atoms with E-state index in [9.17, 15) is 9.90 Å². The second-order valence-corrected chi connectivity index (χ2v) is 3.47. The van der Waals surface area contributed by atoms with Crippen LogP contribution in [0.3, 0.4) is 0 Å². The van der Waals surface area contributed by atoms with Gasteiger partial charge >= 0.3 is 5.97 Å². The second kappa shape index (κ2) is 3.81. The number of aromatic nitrogens is 1. The van der Waals surface area contributed by atoms with E-state index in [-0.39, 0.29) is 5.56 Å². The molecule has 0 fully saturated rings. The Hall–Kier alpha value is -2.10. The van der Waals surface area contributed by atoms with Crippen molar-refractivity contribution < 1.29 is 14.6 Å². The van der Waals surface area contributed by atoms with E-state index in [1.54, 1.807) is 24.4 Å². The maximum atomic E-state index is 11.2. The quantitative estimate of drug-likeness (QED) is 0.838. The highest BCUT2D eigenvalue weighted by Gasteiger charge is 2.16. The van der Waals surface area contributed by atoms with E-state index < -0.39 is 5.97 Å². The van der Waals surface area contributed by atoms with Gasteiger partial charge in [-0.05, 0) is 30.7 Å². The molecule has 16 heavy (non-hydrogen) atoms. The van der Waals surface area contributed by atoms with Crippen LogP contribution in [0, 0.1) is 6.92 Å². The van der Waals surface area contributed by atoms with Gasteiger partial charge in [-0.15, -0.1) is 0 Å². The lowest BCUT2D eigenvalue weighted by molar-refractivity contribution is 0.0695. The minimum atomic E-state index is -1.00. The molecule has 82 valence electrons. The first-order valence-electron chi connectivity index (χ1n) is 4.80. The van der Waals surface area contributed by atoms with Crippen LogP contribution in [0.25, 0.3) is 10.9 Å².